The minimum Gasteiger partial charge on any atom is -0.382 e. The van der Waals surface area contributed by atoms with Crippen LogP contribution in [0.3, 0.4) is 0 Å². The van der Waals surface area contributed by atoms with E-state index in [2.05, 4.69) is 12.2 Å². The van der Waals surface area contributed by atoms with E-state index in [0.29, 0.717) is 31.3 Å². The van der Waals surface area contributed by atoms with Gasteiger partial charge in [0, 0.05) is 31.9 Å². The van der Waals surface area contributed by atoms with E-state index in [1.807, 2.05) is 64.1 Å². The van der Waals surface area contributed by atoms with Crippen LogP contribution in [0.1, 0.15) is 42.0 Å². The summed E-state index contributed by atoms with van der Waals surface area (Å²) in [6.45, 7) is 11.8. The summed E-state index contributed by atoms with van der Waals surface area (Å²) in [5, 5.41) is 3.12. The summed E-state index contributed by atoms with van der Waals surface area (Å²) in [5.41, 5.74) is 6.01. The lowest BCUT2D eigenvalue weighted by atomic mass is 10.1. The number of amidine groups is 1. The molecule has 0 spiro atoms. The summed E-state index contributed by atoms with van der Waals surface area (Å²) in [5.74, 6) is -0.244. The summed E-state index contributed by atoms with van der Waals surface area (Å²) in [6.07, 6.45) is 0.818. The fourth-order valence-electron chi connectivity index (χ4n) is 3.55. The van der Waals surface area contributed by atoms with E-state index in [0.717, 1.165) is 28.1 Å². The molecule has 1 saturated heterocycles. The summed E-state index contributed by atoms with van der Waals surface area (Å²) in [4.78, 5) is 32.5. The molecule has 3 rings (SSSR count). The van der Waals surface area contributed by atoms with Gasteiger partial charge in [0.25, 0.3) is 0 Å². The van der Waals surface area contributed by atoms with Crippen molar-refractivity contribution in [3.63, 3.8) is 0 Å². The van der Waals surface area contributed by atoms with Crippen molar-refractivity contribution >= 4 is 40.1 Å². The molecular formula is C26H33N3O3S. The quantitative estimate of drug-likeness (QED) is 0.508. The van der Waals surface area contributed by atoms with Crippen molar-refractivity contribution in [2.24, 2.45) is 4.99 Å². The molecule has 0 unspecified atom stereocenters. The number of carbonyl (C=O) groups excluding carboxylic acids is 2. The Morgan fingerprint density at radius 1 is 1.09 bits per heavy atom. The second kappa shape index (κ2) is 11.5. The van der Waals surface area contributed by atoms with Crippen molar-refractivity contribution in [1.29, 1.82) is 0 Å². The Morgan fingerprint density at radius 2 is 1.85 bits per heavy atom. The van der Waals surface area contributed by atoms with Crippen molar-refractivity contribution in [3.05, 3.63) is 58.7 Å². The number of benzene rings is 2. The van der Waals surface area contributed by atoms with Crippen molar-refractivity contribution in [2.75, 3.05) is 25.1 Å². The number of hydrogen-bond donors (Lipinski definition) is 1. The van der Waals surface area contributed by atoms with Gasteiger partial charge in [-0.1, -0.05) is 30.0 Å². The molecule has 0 aliphatic carbocycles. The first-order valence-electron chi connectivity index (χ1n) is 11.4. The molecule has 1 aliphatic heterocycles. The van der Waals surface area contributed by atoms with Crippen LogP contribution >= 0.6 is 11.8 Å². The molecule has 0 aromatic heterocycles. The number of nitrogens with zero attached hydrogens (tertiary/aromatic N) is 2. The first kappa shape index (κ1) is 25.0. The van der Waals surface area contributed by atoms with Crippen molar-refractivity contribution < 1.29 is 14.3 Å². The maximum absolute atomic E-state index is 13.2. The summed E-state index contributed by atoms with van der Waals surface area (Å²) >= 11 is 1.37. The minimum absolute atomic E-state index is 0.0739. The van der Waals surface area contributed by atoms with Crippen LogP contribution in [0.2, 0.25) is 0 Å². The van der Waals surface area contributed by atoms with E-state index in [9.17, 15) is 9.59 Å². The Kier molecular flexibility index (Phi) is 8.69. The molecule has 1 fully saturated rings. The van der Waals surface area contributed by atoms with Gasteiger partial charge in [0.05, 0.1) is 5.69 Å². The van der Waals surface area contributed by atoms with Gasteiger partial charge in [-0.05, 0) is 81.5 Å². The van der Waals surface area contributed by atoms with Gasteiger partial charge in [0.1, 0.15) is 5.25 Å². The number of hydrogen-bond acceptors (Lipinski definition) is 5. The molecule has 2 aromatic carbocycles. The maximum Gasteiger partial charge on any atom is 0.242 e. The molecule has 1 atom stereocenters. The number of aryl methyl sites for hydroxylation is 4. The number of aliphatic imine (C=N–C) groups is 1. The highest BCUT2D eigenvalue weighted by Gasteiger charge is 2.39. The minimum atomic E-state index is -0.493. The first-order chi connectivity index (χ1) is 15.8. The summed E-state index contributed by atoms with van der Waals surface area (Å²) < 4.78 is 5.44. The fraction of sp³-hybridized carbons (Fsp3) is 0.423. The molecule has 1 aliphatic rings. The zero-order chi connectivity index (χ0) is 24.0. The number of anilines is 1. The van der Waals surface area contributed by atoms with Crippen molar-refractivity contribution in [2.45, 2.75) is 52.7 Å². The third-order valence-electron chi connectivity index (χ3n) is 5.65. The van der Waals surface area contributed by atoms with E-state index in [1.54, 1.807) is 4.90 Å². The van der Waals surface area contributed by atoms with Gasteiger partial charge >= 0.3 is 0 Å². The summed E-state index contributed by atoms with van der Waals surface area (Å²) in [7, 11) is 0. The Balaban J connectivity index is 1.75. The molecule has 1 N–H and O–H groups in total. The van der Waals surface area contributed by atoms with Crippen LogP contribution in [-0.4, -0.2) is 46.9 Å². The van der Waals surface area contributed by atoms with Gasteiger partial charge in [-0.25, -0.2) is 4.99 Å². The van der Waals surface area contributed by atoms with Crippen LogP contribution in [0.5, 0.6) is 0 Å². The molecular weight excluding hydrogens is 434 g/mol. The molecule has 7 heteroatoms. The molecule has 33 heavy (non-hydrogen) atoms. The Morgan fingerprint density at radius 3 is 2.58 bits per heavy atom. The Hall–Kier alpha value is -2.64. The highest BCUT2D eigenvalue weighted by Crippen LogP contribution is 2.32. The van der Waals surface area contributed by atoms with E-state index < -0.39 is 5.25 Å². The average molecular weight is 468 g/mol. The second-order valence-corrected chi connectivity index (χ2v) is 9.55. The molecule has 0 saturated carbocycles. The van der Waals surface area contributed by atoms with E-state index in [-0.39, 0.29) is 18.2 Å². The van der Waals surface area contributed by atoms with Crippen LogP contribution in [-0.2, 0) is 14.3 Å². The highest BCUT2D eigenvalue weighted by molar-refractivity contribution is 8.15. The van der Waals surface area contributed by atoms with Gasteiger partial charge in [-0.3, -0.25) is 14.5 Å². The Labute approximate surface area is 200 Å². The predicted octanol–water partition coefficient (Wildman–Crippen LogP) is 5.31. The highest BCUT2D eigenvalue weighted by atomic mass is 32.2. The molecule has 1 heterocycles. The fourth-order valence-corrected chi connectivity index (χ4v) is 4.73. The van der Waals surface area contributed by atoms with Gasteiger partial charge < -0.3 is 10.1 Å². The normalized spacial score (nSPS) is 17.1. The first-order valence-corrected chi connectivity index (χ1v) is 12.2. The molecule has 2 amide bonds. The molecule has 176 valence electrons. The van der Waals surface area contributed by atoms with Crippen molar-refractivity contribution in [1.82, 2.24) is 4.90 Å². The number of rotatable bonds is 9. The monoisotopic (exact) mass is 467 g/mol. The van der Waals surface area contributed by atoms with E-state index in [1.165, 1.54) is 17.3 Å². The lowest BCUT2D eigenvalue weighted by Gasteiger charge is -2.16. The number of ether oxygens (including phenoxy) is 1. The SMILES string of the molecule is CCOCCCN1C(=O)[C@H](CC(=O)Nc2cc(C)ccc2C)SC1=Nc1ccc(C)c(C)c1. The van der Waals surface area contributed by atoms with Crippen LogP contribution in [0, 0.1) is 27.7 Å². The number of carbonyl (C=O) groups is 2. The van der Waals surface area contributed by atoms with E-state index >= 15 is 0 Å². The number of nitrogens with one attached hydrogen (secondary N) is 1. The zero-order valence-corrected chi connectivity index (χ0v) is 20.9. The van der Waals surface area contributed by atoms with Gasteiger partial charge in [0.15, 0.2) is 5.17 Å². The standard InChI is InChI=1S/C26H33N3O3S/c1-6-32-13-7-12-29-25(31)23(16-24(30)28-22-14-17(2)8-9-19(22)4)33-26(29)27-21-11-10-18(3)20(5)15-21/h8-11,14-15,23H,6-7,12-13,16H2,1-5H3,(H,28,30)/t23-/m0/s1. The van der Waals surface area contributed by atoms with Gasteiger partial charge in [-0.2, -0.15) is 0 Å². The zero-order valence-electron chi connectivity index (χ0n) is 20.1. The second-order valence-electron chi connectivity index (χ2n) is 8.38. The lowest BCUT2D eigenvalue weighted by Crippen LogP contribution is -2.34. The largest absolute Gasteiger partial charge is 0.382 e. The van der Waals surface area contributed by atoms with Crippen molar-refractivity contribution in [3.8, 4) is 0 Å². The van der Waals surface area contributed by atoms with Gasteiger partial charge in [-0.15, -0.1) is 0 Å². The molecule has 0 bridgehead atoms. The number of amides is 2. The van der Waals surface area contributed by atoms with E-state index in [4.69, 9.17) is 9.73 Å². The van der Waals surface area contributed by atoms with Crippen LogP contribution in [0.15, 0.2) is 41.4 Å². The molecule has 2 aromatic rings. The smallest absolute Gasteiger partial charge is 0.242 e. The Bertz CT molecular complexity index is 1050. The van der Waals surface area contributed by atoms with Crippen LogP contribution in [0.4, 0.5) is 11.4 Å². The number of thioether (sulfide) groups is 1. The average Bonchev–Trinajstić information content (AvgIpc) is 3.05. The lowest BCUT2D eigenvalue weighted by molar-refractivity contribution is -0.128. The van der Waals surface area contributed by atoms with Crippen LogP contribution in [0.25, 0.3) is 0 Å². The maximum atomic E-state index is 13.2. The summed E-state index contributed by atoms with van der Waals surface area (Å²) in [6, 6.07) is 12.0. The molecule has 6 nitrogen and oxygen atoms in total. The van der Waals surface area contributed by atoms with Gasteiger partial charge in [0.2, 0.25) is 11.8 Å². The topological polar surface area (TPSA) is 71.0 Å². The third-order valence-corrected chi connectivity index (χ3v) is 6.82. The third kappa shape index (κ3) is 6.68. The molecule has 0 radical (unpaired) electrons. The van der Waals surface area contributed by atoms with Crippen LogP contribution < -0.4 is 5.32 Å². The predicted molar refractivity (Wildman–Crippen MR) is 136 cm³/mol.